The van der Waals surface area contributed by atoms with Crippen molar-refractivity contribution >= 4 is 22.6 Å². The summed E-state index contributed by atoms with van der Waals surface area (Å²) in [6.07, 6.45) is 2.39. The summed E-state index contributed by atoms with van der Waals surface area (Å²) in [5.74, 6) is -0.223. The lowest BCUT2D eigenvalue weighted by atomic mass is 10.1. The molecule has 0 bridgehead atoms. The van der Waals surface area contributed by atoms with Crippen LogP contribution < -0.4 is 16.6 Å². The predicted octanol–water partition coefficient (Wildman–Crippen LogP) is 1.68. The molecule has 0 aliphatic carbocycles. The van der Waals surface area contributed by atoms with E-state index in [0.29, 0.717) is 12.1 Å². The first-order valence-electron chi connectivity index (χ1n) is 8.76. The number of carbonyl (C=O) groups is 1. The van der Waals surface area contributed by atoms with Gasteiger partial charge in [0.15, 0.2) is 5.65 Å². The number of anilines is 1. The van der Waals surface area contributed by atoms with Gasteiger partial charge in [-0.25, -0.2) is 9.78 Å². The van der Waals surface area contributed by atoms with E-state index in [1.54, 1.807) is 13.2 Å². The van der Waals surface area contributed by atoms with Crippen LogP contribution >= 0.6 is 0 Å². The fourth-order valence-electron chi connectivity index (χ4n) is 3.17. The number of benzene rings is 1. The lowest BCUT2D eigenvalue weighted by Gasteiger charge is -2.15. The van der Waals surface area contributed by atoms with Crippen molar-refractivity contribution in [3.63, 3.8) is 0 Å². The van der Waals surface area contributed by atoms with Crippen LogP contribution in [0.4, 0.5) is 5.69 Å². The topological polar surface area (TPSA) is 86.0 Å². The predicted molar refractivity (Wildman–Crippen MR) is 105 cm³/mol. The number of aryl methyl sites for hydroxylation is 3. The van der Waals surface area contributed by atoms with Gasteiger partial charge >= 0.3 is 5.69 Å². The number of rotatable bonds is 4. The molecule has 7 nitrogen and oxygen atoms in total. The molecule has 1 N–H and O–H groups in total. The minimum absolute atomic E-state index is 0.195. The van der Waals surface area contributed by atoms with Gasteiger partial charge in [0.1, 0.15) is 5.39 Å². The molecule has 0 aliphatic rings. The first-order chi connectivity index (χ1) is 12.8. The van der Waals surface area contributed by atoms with Gasteiger partial charge in [-0.2, -0.15) is 0 Å². The molecule has 0 saturated carbocycles. The molecule has 0 radical (unpaired) electrons. The van der Waals surface area contributed by atoms with Gasteiger partial charge in [0.05, 0.1) is 12.1 Å². The Morgan fingerprint density at radius 2 is 1.93 bits per heavy atom. The molecule has 0 saturated heterocycles. The lowest BCUT2D eigenvalue weighted by molar-refractivity contribution is -0.115. The number of nitrogens with one attached hydrogen (secondary N) is 1. The molecular formula is C20H22N4O3. The number of carbonyl (C=O) groups excluding carboxylic acids is 1. The van der Waals surface area contributed by atoms with E-state index in [0.717, 1.165) is 21.3 Å². The Balaban J connectivity index is 2.11. The number of nitrogens with zero attached hydrogens (tertiary/aromatic N) is 3. The second-order valence-corrected chi connectivity index (χ2v) is 6.63. The number of hydrogen-bond donors (Lipinski definition) is 1. The van der Waals surface area contributed by atoms with Gasteiger partial charge in [0.25, 0.3) is 5.56 Å². The molecule has 0 unspecified atom stereocenters. The quantitative estimate of drug-likeness (QED) is 0.761. The minimum Gasteiger partial charge on any atom is -0.325 e. The third-order valence-electron chi connectivity index (χ3n) is 4.64. The summed E-state index contributed by atoms with van der Waals surface area (Å²) in [6.45, 7) is 3.89. The molecule has 140 valence electrons. The normalized spacial score (nSPS) is 11.0. The zero-order chi connectivity index (χ0) is 19.7. The summed E-state index contributed by atoms with van der Waals surface area (Å²) in [7, 11) is 2.97. The Kier molecular flexibility index (Phi) is 4.94. The Morgan fingerprint density at radius 3 is 2.59 bits per heavy atom. The summed E-state index contributed by atoms with van der Waals surface area (Å²) in [4.78, 5) is 41.8. The zero-order valence-electron chi connectivity index (χ0n) is 15.9. The molecule has 1 aromatic carbocycles. The molecule has 3 aromatic rings. The van der Waals surface area contributed by atoms with Crippen LogP contribution in [0.15, 0.2) is 40.1 Å². The van der Waals surface area contributed by atoms with Crippen molar-refractivity contribution in [2.24, 2.45) is 14.1 Å². The van der Waals surface area contributed by atoms with Crippen molar-refractivity contribution in [3.05, 3.63) is 68.0 Å². The van der Waals surface area contributed by atoms with E-state index in [-0.39, 0.29) is 23.4 Å². The van der Waals surface area contributed by atoms with Crippen LogP contribution in [0.3, 0.4) is 0 Å². The smallest absolute Gasteiger partial charge is 0.325 e. The van der Waals surface area contributed by atoms with Gasteiger partial charge in [0.2, 0.25) is 5.91 Å². The monoisotopic (exact) mass is 366 g/mol. The van der Waals surface area contributed by atoms with E-state index < -0.39 is 11.2 Å². The summed E-state index contributed by atoms with van der Waals surface area (Å²) >= 11 is 0. The van der Waals surface area contributed by atoms with Gasteiger partial charge in [-0.15, -0.1) is 0 Å². The Morgan fingerprint density at radius 1 is 1.19 bits per heavy atom. The summed E-state index contributed by atoms with van der Waals surface area (Å²) in [5, 5.41) is 3.13. The van der Waals surface area contributed by atoms with Crippen LogP contribution in [0.25, 0.3) is 11.0 Å². The number of fused-ring (bicyclic) bond motifs is 1. The van der Waals surface area contributed by atoms with Crippen molar-refractivity contribution in [1.82, 2.24) is 14.1 Å². The highest BCUT2D eigenvalue weighted by Crippen LogP contribution is 2.23. The standard InChI is InChI=1S/C20H22N4O3/c1-5-14-11-21-18-16(19(26)24(4)20(27)23(18)3)17(14)22-15(25)10-13-8-6-7-12(2)9-13/h6-9,11H,5,10H2,1-4H3,(H,21,22,25). The maximum Gasteiger partial charge on any atom is 0.332 e. The van der Waals surface area contributed by atoms with Crippen LogP contribution in [0.2, 0.25) is 0 Å². The third-order valence-corrected chi connectivity index (χ3v) is 4.64. The van der Waals surface area contributed by atoms with Crippen LogP contribution in [-0.2, 0) is 31.7 Å². The fraction of sp³-hybridized carbons (Fsp3) is 0.300. The second kappa shape index (κ2) is 7.19. The summed E-state index contributed by atoms with van der Waals surface area (Å²) < 4.78 is 2.34. The number of amides is 1. The van der Waals surface area contributed by atoms with E-state index >= 15 is 0 Å². The maximum atomic E-state index is 12.7. The molecule has 2 aromatic heterocycles. The van der Waals surface area contributed by atoms with E-state index in [1.165, 1.54) is 11.6 Å². The Labute approximate surface area is 156 Å². The van der Waals surface area contributed by atoms with Gasteiger partial charge < -0.3 is 5.32 Å². The van der Waals surface area contributed by atoms with Gasteiger partial charge in [0, 0.05) is 20.3 Å². The number of aromatic nitrogens is 3. The van der Waals surface area contributed by atoms with E-state index in [2.05, 4.69) is 10.3 Å². The maximum absolute atomic E-state index is 12.7. The van der Waals surface area contributed by atoms with Crippen LogP contribution in [-0.4, -0.2) is 20.0 Å². The van der Waals surface area contributed by atoms with E-state index in [9.17, 15) is 14.4 Å². The highest BCUT2D eigenvalue weighted by atomic mass is 16.2. The van der Waals surface area contributed by atoms with Gasteiger partial charge in [-0.3, -0.25) is 18.7 Å². The minimum atomic E-state index is -0.471. The van der Waals surface area contributed by atoms with Crippen molar-refractivity contribution in [3.8, 4) is 0 Å². The highest BCUT2D eigenvalue weighted by Gasteiger charge is 2.18. The fourth-order valence-corrected chi connectivity index (χ4v) is 3.17. The molecule has 27 heavy (non-hydrogen) atoms. The SMILES string of the molecule is CCc1cnc2c(c1NC(=O)Cc1cccc(C)c1)c(=O)n(C)c(=O)n2C. The highest BCUT2D eigenvalue weighted by molar-refractivity contribution is 6.01. The van der Waals surface area contributed by atoms with Gasteiger partial charge in [-0.1, -0.05) is 36.8 Å². The molecular weight excluding hydrogens is 344 g/mol. The van der Waals surface area contributed by atoms with Crippen molar-refractivity contribution in [2.45, 2.75) is 26.7 Å². The first-order valence-corrected chi connectivity index (χ1v) is 8.76. The number of pyridine rings is 1. The van der Waals surface area contributed by atoms with Crippen molar-refractivity contribution < 1.29 is 4.79 Å². The first kappa shape index (κ1) is 18.6. The van der Waals surface area contributed by atoms with Gasteiger partial charge in [-0.05, 0) is 24.5 Å². The van der Waals surface area contributed by atoms with E-state index in [4.69, 9.17) is 0 Å². The Hall–Kier alpha value is -3.22. The molecule has 2 heterocycles. The third kappa shape index (κ3) is 3.40. The Bertz CT molecular complexity index is 1160. The zero-order valence-corrected chi connectivity index (χ0v) is 15.9. The molecule has 0 spiro atoms. The average Bonchev–Trinajstić information content (AvgIpc) is 2.64. The molecule has 7 heteroatoms. The molecule has 1 amide bonds. The summed E-state index contributed by atoms with van der Waals surface area (Å²) in [5.41, 5.74) is 2.47. The van der Waals surface area contributed by atoms with Crippen LogP contribution in [0.1, 0.15) is 23.6 Å². The van der Waals surface area contributed by atoms with E-state index in [1.807, 2.05) is 38.1 Å². The van der Waals surface area contributed by atoms with Crippen molar-refractivity contribution in [1.29, 1.82) is 0 Å². The number of hydrogen-bond acceptors (Lipinski definition) is 4. The second-order valence-electron chi connectivity index (χ2n) is 6.63. The molecule has 3 rings (SSSR count). The average molecular weight is 366 g/mol. The summed E-state index contributed by atoms with van der Waals surface area (Å²) in [6, 6.07) is 7.72. The van der Waals surface area contributed by atoms with Crippen molar-refractivity contribution in [2.75, 3.05) is 5.32 Å². The van der Waals surface area contributed by atoms with Crippen LogP contribution in [0, 0.1) is 6.92 Å². The largest absolute Gasteiger partial charge is 0.332 e. The van der Waals surface area contributed by atoms with Crippen LogP contribution in [0.5, 0.6) is 0 Å². The lowest BCUT2D eigenvalue weighted by Crippen LogP contribution is -2.38. The molecule has 0 aliphatic heterocycles. The molecule has 0 fully saturated rings. The molecule has 0 atom stereocenters.